The molecule has 1 fully saturated rings. The fourth-order valence-electron chi connectivity index (χ4n) is 3.19. The highest BCUT2D eigenvalue weighted by atomic mass is 35.5. The van der Waals surface area contributed by atoms with Crippen molar-refractivity contribution in [2.75, 3.05) is 12.4 Å². The Kier molecular flexibility index (Phi) is 7.22. The van der Waals surface area contributed by atoms with Gasteiger partial charge in [-0.2, -0.15) is 0 Å². The van der Waals surface area contributed by atoms with Gasteiger partial charge in [0.15, 0.2) is 0 Å². The van der Waals surface area contributed by atoms with Gasteiger partial charge >= 0.3 is 0 Å². The molecule has 0 atom stereocenters. The van der Waals surface area contributed by atoms with Crippen molar-refractivity contribution in [1.29, 1.82) is 0 Å². The number of ether oxygens (including phenoxy) is 1. The zero-order chi connectivity index (χ0) is 13.6. The van der Waals surface area contributed by atoms with Gasteiger partial charge in [-0.15, -0.1) is 12.4 Å². The van der Waals surface area contributed by atoms with Crippen LogP contribution in [-0.4, -0.2) is 12.6 Å². The first-order valence-electron chi connectivity index (χ1n) is 7.70. The van der Waals surface area contributed by atoms with E-state index in [9.17, 15) is 0 Å². The van der Waals surface area contributed by atoms with Gasteiger partial charge in [0.1, 0.15) is 5.75 Å². The van der Waals surface area contributed by atoms with E-state index in [4.69, 9.17) is 4.74 Å². The number of hydrogen-bond acceptors (Lipinski definition) is 2. The van der Waals surface area contributed by atoms with Crippen LogP contribution in [-0.2, 0) is 0 Å². The minimum Gasteiger partial charge on any atom is -0.497 e. The Morgan fingerprint density at radius 1 is 1.20 bits per heavy atom. The monoisotopic (exact) mass is 297 g/mol. The van der Waals surface area contributed by atoms with E-state index in [1.807, 2.05) is 6.07 Å². The molecule has 0 aliphatic heterocycles. The van der Waals surface area contributed by atoms with Crippen LogP contribution in [0, 0.1) is 0 Å². The summed E-state index contributed by atoms with van der Waals surface area (Å²) in [5.74, 6) is 0.937. The molecule has 3 heteroatoms. The molecule has 0 aromatic heterocycles. The molecule has 2 nitrogen and oxygen atoms in total. The SMILES string of the molecule is CCCCC1(Nc2cccc(OC)c2)CCCCC1.Cl. The minimum atomic E-state index is 0. The molecule has 1 aliphatic rings. The molecule has 1 aromatic rings. The van der Waals surface area contributed by atoms with Crippen molar-refractivity contribution >= 4 is 18.1 Å². The van der Waals surface area contributed by atoms with Crippen molar-refractivity contribution in [3.8, 4) is 5.75 Å². The average Bonchev–Trinajstić information content (AvgIpc) is 2.46. The van der Waals surface area contributed by atoms with Gasteiger partial charge in [-0.3, -0.25) is 0 Å². The number of halogens is 1. The van der Waals surface area contributed by atoms with E-state index in [2.05, 4.69) is 30.4 Å². The first kappa shape index (κ1) is 17.2. The van der Waals surface area contributed by atoms with Crippen LogP contribution in [0.2, 0.25) is 0 Å². The van der Waals surface area contributed by atoms with Crippen LogP contribution >= 0.6 is 12.4 Å². The lowest BCUT2D eigenvalue weighted by Crippen LogP contribution is -2.40. The summed E-state index contributed by atoms with van der Waals surface area (Å²) in [5.41, 5.74) is 1.53. The Morgan fingerprint density at radius 2 is 1.95 bits per heavy atom. The Morgan fingerprint density at radius 3 is 2.60 bits per heavy atom. The van der Waals surface area contributed by atoms with Crippen molar-refractivity contribution in [3.63, 3.8) is 0 Å². The minimum absolute atomic E-state index is 0. The summed E-state index contributed by atoms with van der Waals surface area (Å²) in [7, 11) is 1.73. The summed E-state index contributed by atoms with van der Waals surface area (Å²) < 4.78 is 5.32. The molecule has 114 valence electrons. The van der Waals surface area contributed by atoms with Gasteiger partial charge < -0.3 is 10.1 Å². The van der Waals surface area contributed by atoms with Crippen molar-refractivity contribution in [2.24, 2.45) is 0 Å². The van der Waals surface area contributed by atoms with Crippen LogP contribution in [0.25, 0.3) is 0 Å². The van der Waals surface area contributed by atoms with E-state index in [1.54, 1.807) is 7.11 Å². The maximum atomic E-state index is 5.32. The summed E-state index contributed by atoms with van der Waals surface area (Å²) in [6, 6.07) is 8.34. The molecule has 0 bridgehead atoms. The molecule has 1 saturated carbocycles. The maximum absolute atomic E-state index is 5.32. The second-order valence-corrected chi connectivity index (χ2v) is 5.80. The average molecular weight is 298 g/mol. The zero-order valence-corrected chi connectivity index (χ0v) is 13.6. The van der Waals surface area contributed by atoms with Crippen LogP contribution in [0.5, 0.6) is 5.75 Å². The largest absolute Gasteiger partial charge is 0.497 e. The van der Waals surface area contributed by atoms with Crippen LogP contribution in [0.15, 0.2) is 24.3 Å². The summed E-state index contributed by atoms with van der Waals surface area (Å²) >= 11 is 0. The normalized spacial score (nSPS) is 17.1. The summed E-state index contributed by atoms with van der Waals surface area (Å²) in [5, 5.41) is 3.82. The lowest BCUT2D eigenvalue weighted by molar-refractivity contribution is 0.298. The highest BCUT2D eigenvalue weighted by Crippen LogP contribution is 2.36. The van der Waals surface area contributed by atoms with Crippen molar-refractivity contribution in [1.82, 2.24) is 0 Å². The Bertz CT molecular complexity index is 388. The second-order valence-electron chi connectivity index (χ2n) is 5.80. The second kappa shape index (κ2) is 8.41. The molecule has 0 heterocycles. The first-order chi connectivity index (χ1) is 9.28. The fraction of sp³-hybridized carbons (Fsp3) is 0.647. The first-order valence-corrected chi connectivity index (χ1v) is 7.70. The molecule has 0 saturated heterocycles. The predicted octanol–water partition coefficient (Wildman–Crippen LogP) is 5.42. The Hall–Kier alpha value is -0.890. The highest BCUT2D eigenvalue weighted by Gasteiger charge is 2.31. The van der Waals surface area contributed by atoms with Gasteiger partial charge in [-0.05, 0) is 31.4 Å². The third-order valence-electron chi connectivity index (χ3n) is 4.30. The molecule has 2 rings (SSSR count). The quantitative estimate of drug-likeness (QED) is 0.757. The van der Waals surface area contributed by atoms with Crippen LogP contribution in [0.3, 0.4) is 0 Å². The summed E-state index contributed by atoms with van der Waals surface area (Å²) in [4.78, 5) is 0. The summed E-state index contributed by atoms with van der Waals surface area (Å²) in [6.45, 7) is 2.28. The van der Waals surface area contributed by atoms with Crippen LogP contribution in [0.4, 0.5) is 5.69 Å². The van der Waals surface area contributed by atoms with Gasteiger partial charge in [0, 0.05) is 17.3 Å². The van der Waals surface area contributed by atoms with Gasteiger partial charge in [-0.25, -0.2) is 0 Å². The van der Waals surface area contributed by atoms with E-state index in [0.717, 1.165) is 5.75 Å². The van der Waals surface area contributed by atoms with E-state index >= 15 is 0 Å². The molecule has 0 radical (unpaired) electrons. The lowest BCUT2D eigenvalue weighted by atomic mass is 9.78. The zero-order valence-electron chi connectivity index (χ0n) is 12.8. The number of benzene rings is 1. The summed E-state index contributed by atoms with van der Waals surface area (Å²) in [6.07, 6.45) is 10.6. The van der Waals surface area contributed by atoms with Crippen LogP contribution in [0.1, 0.15) is 58.3 Å². The number of rotatable bonds is 6. The van der Waals surface area contributed by atoms with Crippen molar-refractivity contribution in [2.45, 2.75) is 63.8 Å². The third kappa shape index (κ3) is 4.59. The molecule has 0 amide bonds. The predicted molar refractivity (Wildman–Crippen MR) is 89.2 cm³/mol. The van der Waals surface area contributed by atoms with E-state index in [1.165, 1.54) is 57.1 Å². The standard InChI is InChI=1S/C17H27NO.ClH/c1-3-4-11-17(12-6-5-7-13-17)18-15-9-8-10-16(14-15)19-2;/h8-10,14,18H,3-7,11-13H2,1-2H3;1H. The van der Waals surface area contributed by atoms with Gasteiger partial charge in [0.25, 0.3) is 0 Å². The topological polar surface area (TPSA) is 21.3 Å². The molecule has 1 N–H and O–H groups in total. The van der Waals surface area contributed by atoms with Gasteiger partial charge in [0.05, 0.1) is 7.11 Å². The Balaban J connectivity index is 0.00000200. The van der Waals surface area contributed by atoms with Crippen molar-refractivity contribution < 1.29 is 4.74 Å². The van der Waals surface area contributed by atoms with Gasteiger partial charge in [-0.1, -0.05) is 45.1 Å². The number of methoxy groups -OCH3 is 1. The molecule has 1 aromatic carbocycles. The molecule has 0 spiro atoms. The number of hydrogen-bond donors (Lipinski definition) is 1. The van der Waals surface area contributed by atoms with Crippen LogP contribution < -0.4 is 10.1 Å². The number of nitrogens with one attached hydrogen (secondary N) is 1. The number of anilines is 1. The van der Waals surface area contributed by atoms with Gasteiger partial charge in [0.2, 0.25) is 0 Å². The molecule has 20 heavy (non-hydrogen) atoms. The maximum Gasteiger partial charge on any atom is 0.120 e. The van der Waals surface area contributed by atoms with E-state index < -0.39 is 0 Å². The molecule has 0 unspecified atom stereocenters. The van der Waals surface area contributed by atoms with E-state index in [0.29, 0.717) is 5.54 Å². The fourth-order valence-corrected chi connectivity index (χ4v) is 3.19. The lowest BCUT2D eigenvalue weighted by Gasteiger charge is -2.39. The molecule has 1 aliphatic carbocycles. The van der Waals surface area contributed by atoms with Crippen molar-refractivity contribution in [3.05, 3.63) is 24.3 Å². The van der Waals surface area contributed by atoms with E-state index in [-0.39, 0.29) is 12.4 Å². The highest BCUT2D eigenvalue weighted by molar-refractivity contribution is 5.85. The smallest absolute Gasteiger partial charge is 0.120 e. The third-order valence-corrected chi connectivity index (χ3v) is 4.30. The Labute approximate surface area is 129 Å². The molecular weight excluding hydrogens is 270 g/mol. The number of unbranched alkanes of at least 4 members (excludes halogenated alkanes) is 1. The molecular formula is C17H28ClNO.